The van der Waals surface area contributed by atoms with Crippen LogP contribution in [0.5, 0.6) is 0 Å². The number of benzene rings is 1. The predicted molar refractivity (Wildman–Crippen MR) is 80.3 cm³/mol. The second-order valence-corrected chi connectivity index (χ2v) is 6.30. The van der Waals surface area contributed by atoms with Gasteiger partial charge in [0.1, 0.15) is 5.82 Å². The van der Waals surface area contributed by atoms with Crippen molar-refractivity contribution in [3.05, 3.63) is 34.6 Å². The summed E-state index contributed by atoms with van der Waals surface area (Å²) in [7, 11) is 0. The van der Waals surface area contributed by atoms with E-state index in [-0.39, 0.29) is 5.82 Å². The molecular formula is C17H26FNO. The fourth-order valence-corrected chi connectivity index (χ4v) is 2.88. The minimum absolute atomic E-state index is 0.0836. The molecule has 0 saturated carbocycles. The SMILES string of the molecule is Cc1cc(CNC2CCOC(C(C)C)C2)cc(C)c1F. The molecule has 20 heavy (non-hydrogen) atoms. The third-order valence-corrected chi connectivity index (χ3v) is 4.15. The highest BCUT2D eigenvalue weighted by Crippen LogP contribution is 2.21. The maximum atomic E-state index is 13.6. The number of rotatable bonds is 4. The quantitative estimate of drug-likeness (QED) is 0.906. The molecule has 1 aromatic carbocycles. The molecule has 1 saturated heterocycles. The van der Waals surface area contributed by atoms with Gasteiger partial charge in [-0.25, -0.2) is 4.39 Å². The molecule has 1 aliphatic heterocycles. The van der Waals surface area contributed by atoms with Crippen molar-refractivity contribution in [2.24, 2.45) is 5.92 Å². The molecule has 1 heterocycles. The number of nitrogens with one attached hydrogen (secondary N) is 1. The van der Waals surface area contributed by atoms with Crippen LogP contribution in [-0.4, -0.2) is 18.8 Å². The van der Waals surface area contributed by atoms with Gasteiger partial charge in [0.2, 0.25) is 0 Å². The summed E-state index contributed by atoms with van der Waals surface area (Å²) < 4.78 is 19.4. The highest BCUT2D eigenvalue weighted by atomic mass is 19.1. The van der Waals surface area contributed by atoms with Crippen molar-refractivity contribution in [2.45, 2.75) is 59.2 Å². The third-order valence-electron chi connectivity index (χ3n) is 4.15. The first kappa shape index (κ1) is 15.5. The van der Waals surface area contributed by atoms with Crippen LogP contribution >= 0.6 is 0 Å². The highest BCUT2D eigenvalue weighted by Gasteiger charge is 2.24. The summed E-state index contributed by atoms with van der Waals surface area (Å²) >= 11 is 0. The van der Waals surface area contributed by atoms with E-state index in [1.165, 1.54) is 0 Å². The van der Waals surface area contributed by atoms with Crippen molar-refractivity contribution in [3.63, 3.8) is 0 Å². The highest BCUT2D eigenvalue weighted by molar-refractivity contribution is 5.30. The van der Waals surface area contributed by atoms with Gasteiger partial charge in [-0.2, -0.15) is 0 Å². The van der Waals surface area contributed by atoms with Crippen LogP contribution < -0.4 is 5.32 Å². The van der Waals surface area contributed by atoms with E-state index in [0.717, 1.165) is 42.7 Å². The van der Waals surface area contributed by atoms with E-state index in [2.05, 4.69) is 19.2 Å². The first-order valence-corrected chi connectivity index (χ1v) is 7.58. The largest absolute Gasteiger partial charge is 0.378 e. The number of aryl methyl sites for hydroxylation is 2. The summed E-state index contributed by atoms with van der Waals surface area (Å²) in [6.07, 6.45) is 2.48. The second kappa shape index (κ2) is 6.68. The van der Waals surface area contributed by atoms with Crippen molar-refractivity contribution in [3.8, 4) is 0 Å². The molecule has 0 aromatic heterocycles. The summed E-state index contributed by atoms with van der Waals surface area (Å²) in [6.45, 7) is 9.71. The van der Waals surface area contributed by atoms with E-state index >= 15 is 0 Å². The molecular weight excluding hydrogens is 253 g/mol. The molecule has 2 rings (SSSR count). The lowest BCUT2D eigenvalue weighted by Gasteiger charge is -2.32. The zero-order chi connectivity index (χ0) is 14.7. The van der Waals surface area contributed by atoms with Crippen LogP contribution in [0.3, 0.4) is 0 Å². The average Bonchev–Trinajstić information content (AvgIpc) is 2.42. The van der Waals surface area contributed by atoms with Crippen LogP contribution in [0.1, 0.15) is 43.4 Å². The van der Waals surface area contributed by atoms with Gasteiger partial charge in [-0.05, 0) is 49.3 Å². The normalized spacial score (nSPS) is 23.3. The van der Waals surface area contributed by atoms with E-state index < -0.39 is 0 Å². The minimum Gasteiger partial charge on any atom is -0.378 e. The van der Waals surface area contributed by atoms with Gasteiger partial charge in [0.15, 0.2) is 0 Å². The van der Waals surface area contributed by atoms with Gasteiger partial charge in [-0.3, -0.25) is 0 Å². The summed E-state index contributed by atoms with van der Waals surface area (Å²) in [5.41, 5.74) is 2.62. The van der Waals surface area contributed by atoms with E-state index in [1.807, 2.05) is 26.0 Å². The Morgan fingerprint density at radius 2 is 1.95 bits per heavy atom. The Hall–Kier alpha value is -0.930. The molecule has 0 radical (unpaired) electrons. The standard InChI is InChI=1S/C17H26FNO/c1-11(2)16-9-15(5-6-20-16)19-10-14-7-12(3)17(18)13(4)8-14/h7-8,11,15-16,19H,5-6,9-10H2,1-4H3. The average molecular weight is 279 g/mol. The minimum atomic E-state index is -0.0836. The van der Waals surface area contributed by atoms with Crippen molar-refractivity contribution < 1.29 is 9.13 Å². The van der Waals surface area contributed by atoms with Crippen LogP contribution in [-0.2, 0) is 11.3 Å². The van der Waals surface area contributed by atoms with Gasteiger partial charge in [-0.1, -0.05) is 26.0 Å². The van der Waals surface area contributed by atoms with Gasteiger partial charge in [-0.15, -0.1) is 0 Å². The Balaban J connectivity index is 1.92. The summed E-state index contributed by atoms with van der Waals surface area (Å²) in [6, 6.07) is 4.38. The van der Waals surface area contributed by atoms with Crippen LogP contribution in [0.15, 0.2) is 12.1 Å². The molecule has 0 amide bonds. The molecule has 3 heteroatoms. The van der Waals surface area contributed by atoms with Crippen molar-refractivity contribution in [1.29, 1.82) is 0 Å². The number of halogens is 1. The van der Waals surface area contributed by atoms with Gasteiger partial charge in [0.05, 0.1) is 6.10 Å². The number of hydrogen-bond donors (Lipinski definition) is 1. The third kappa shape index (κ3) is 3.80. The maximum absolute atomic E-state index is 13.6. The molecule has 2 atom stereocenters. The second-order valence-electron chi connectivity index (χ2n) is 6.30. The summed E-state index contributed by atoms with van der Waals surface area (Å²) in [4.78, 5) is 0. The molecule has 112 valence electrons. The molecule has 2 nitrogen and oxygen atoms in total. The maximum Gasteiger partial charge on any atom is 0.129 e. The molecule has 1 aliphatic rings. The fourth-order valence-electron chi connectivity index (χ4n) is 2.88. The van der Waals surface area contributed by atoms with Crippen molar-refractivity contribution in [2.75, 3.05) is 6.61 Å². The van der Waals surface area contributed by atoms with Crippen molar-refractivity contribution >= 4 is 0 Å². The van der Waals surface area contributed by atoms with E-state index in [9.17, 15) is 4.39 Å². The van der Waals surface area contributed by atoms with Crippen molar-refractivity contribution in [1.82, 2.24) is 5.32 Å². The Morgan fingerprint density at radius 1 is 1.30 bits per heavy atom. The van der Waals surface area contributed by atoms with Gasteiger partial charge in [0, 0.05) is 19.2 Å². The Morgan fingerprint density at radius 3 is 2.55 bits per heavy atom. The van der Waals surface area contributed by atoms with Gasteiger partial charge >= 0.3 is 0 Å². The smallest absolute Gasteiger partial charge is 0.129 e. The lowest BCUT2D eigenvalue weighted by molar-refractivity contribution is -0.0245. The number of hydrogen-bond acceptors (Lipinski definition) is 2. The van der Waals surface area contributed by atoms with E-state index in [0.29, 0.717) is 18.1 Å². The Bertz CT molecular complexity index is 435. The monoisotopic (exact) mass is 279 g/mol. The van der Waals surface area contributed by atoms with Crippen LogP contribution in [0.25, 0.3) is 0 Å². The molecule has 0 bridgehead atoms. The molecule has 0 spiro atoms. The summed E-state index contributed by atoms with van der Waals surface area (Å²) in [5, 5.41) is 3.59. The molecule has 2 unspecified atom stereocenters. The molecule has 1 fully saturated rings. The van der Waals surface area contributed by atoms with Crippen LogP contribution in [0.2, 0.25) is 0 Å². The van der Waals surface area contributed by atoms with Gasteiger partial charge < -0.3 is 10.1 Å². The topological polar surface area (TPSA) is 21.3 Å². The zero-order valence-electron chi connectivity index (χ0n) is 13.0. The molecule has 1 aromatic rings. The van der Waals surface area contributed by atoms with Gasteiger partial charge in [0.25, 0.3) is 0 Å². The first-order chi connectivity index (χ1) is 9.47. The Labute approximate surface area is 121 Å². The lowest BCUT2D eigenvalue weighted by atomic mass is 9.95. The van der Waals surface area contributed by atoms with Crippen LogP contribution in [0.4, 0.5) is 4.39 Å². The predicted octanol–water partition coefficient (Wildman–Crippen LogP) is 3.74. The zero-order valence-corrected chi connectivity index (χ0v) is 13.0. The lowest BCUT2D eigenvalue weighted by Crippen LogP contribution is -2.40. The first-order valence-electron chi connectivity index (χ1n) is 7.58. The molecule has 0 aliphatic carbocycles. The Kier molecular flexibility index (Phi) is 5.17. The number of ether oxygens (including phenoxy) is 1. The van der Waals surface area contributed by atoms with Crippen LogP contribution in [0, 0.1) is 25.6 Å². The fraction of sp³-hybridized carbons (Fsp3) is 0.647. The van der Waals surface area contributed by atoms with E-state index in [1.54, 1.807) is 0 Å². The summed E-state index contributed by atoms with van der Waals surface area (Å²) in [5.74, 6) is 0.481. The van der Waals surface area contributed by atoms with E-state index in [4.69, 9.17) is 4.74 Å². The molecule has 1 N–H and O–H groups in total.